The number of amides is 1. The Bertz CT molecular complexity index is 1510. The van der Waals surface area contributed by atoms with Crippen molar-refractivity contribution in [3.63, 3.8) is 0 Å². The molecule has 1 N–H and O–H groups in total. The van der Waals surface area contributed by atoms with Crippen molar-refractivity contribution >= 4 is 14.4 Å². The molecule has 1 fully saturated rings. The zero-order valence-corrected chi connectivity index (χ0v) is 33.6. The van der Waals surface area contributed by atoms with Crippen molar-refractivity contribution in [1.29, 1.82) is 0 Å². The summed E-state index contributed by atoms with van der Waals surface area (Å²) in [4.78, 5) is 13.4. The van der Waals surface area contributed by atoms with Crippen LogP contribution in [0.5, 0.6) is 17.2 Å². The Balaban J connectivity index is 1.30. The SMILES string of the molecule is COc1ccccc1COCCCOc1ccc(C2CCN(C(=O)O)CC2OCc2ccc(C)c(OCCO[Si](C(C)C)(C(C)C)C(C)C)c2)cc1. The fraction of sp³-hybridized carbons (Fsp3) is 0.548. The van der Waals surface area contributed by atoms with Gasteiger partial charge in [-0.2, -0.15) is 0 Å². The lowest BCUT2D eigenvalue weighted by Gasteiger charge is -2.42. The van der Waals surface area contributed by atoms with Crippen molar-refractivity contribution < 1.29 is 38.0 Å². The first kappa shape index (κ1) is 41.2. The number of ether oxygens (including phenoxy) is 5. The van der Waals surface area contributed by atoms with Gasteiger partial charge in [0.05, 0.1) is 52.8 Å². The van der Waals surface area contributed by atoms with E-state index in [2.05, 4.69) is 65.8 Å². The van der Waals surface area contributed by atoms with Gasteiger partial charge in [0, 0.05) is 24.4 Å². The fourth-order valence-electron chi connectivity index (χ4n) is 7.77. The van der Waals surface area contributed by atoms with E-state index in [4.69, 9.17) is 28.1 Å². The van der Waals surface area contributed by atoms with Crippen molar-refractivity contribution in [3.05, 3.63) is 89.0 Å². The van der Waals surface area contributed by atoms with E-state index >= 15 is 0 Å². The van der Waals surface area contributed by atoms with Crippen LogP contribution >= 0.6 is 0 Å². The fourth-order valence-corrected chi connectivity index (χ4v) is 13.2. The third-order valence-corrected chi connectivity index (χ3v) is 16.5. The van der Waals surface area contributed by atoms with Gasteiger partial charge >= 0.3 is 6.09 Å². The maximum absolute atomic E-state index is 11.9. The molecule has 286 valence electrons. The van der Waals surface area contributed by atoms with Gasteiger partial charge < -0.3 is 38.1 Å². The molecule has 3 aromatic carbocycles. The van der Waals surface area contributed by atoms with E-state index in [1.807, 2.05) is 49.4 Å². The second kappa shape index (κ2) is 20.0. The lowest BCUT2D eigenvalue weighted by Crippen LogP contribution is -2.48. The standard InChI is InChI=1S/C42H61NO8Si/c1-30(2)52(31(3)4,32(5)6)51-25-24-49-40-26-34(15-14-33(40)7)28-50-41-27-43(42(44)45)21-20-38(41)35-16-18-37(19-17-35)48-23-11-22-47-29-36-12-9-10-13-39(36)46-8/h9-10,12-19,26,30-32,38,41H,11,20-25,27-29H2,1-8H3,(H,44,45). The highest BCUT2D eigenvalue weighted by Gasteiger charge is 2.45. The first-order valence-corrected chi connectivity index (χ1v) is 21.0. The second-order valence-corrected chi connectivity index (χ2v) is 20.2. The van der Waals surface area contributed by atoms with Gasteiger partial charge in [-0.3, -0.25) is 0 Å². The summed E-state index contributed by atoms with van der Waals surface area (Å²) < 4.78 is 36.7. The number of rotatable bonds is 20. The van der Waals surface area contributed by atoms with E-state index in [9.17, 15) is 9.90 Å². The predicted octanol–water partition coefficient (Wildman–Crippen LogP) is 9.61. The highest BCUT2D eigenvalue weighted by Crippen LogP contribution is 2.42. The average Bonchev–Trinajstić information content (AvgIpc) is 3.13. The molecule has 1 saturated heterocycles. The Morgan fingerprint density at radius 1 is 0.846 bits per heavy atom. The number of benzene rings is 3. The molecule has 52 heavy (non-hydrogen) atoms. The quantitative estimate of drug-likeness (QED) is 0.0906. The highest BCUT2D eigenvalue weighted by molar-refractivity contribution is 6.77. The molecule has 0 aromatic heterocycles. The number of piperidine rings is 1. The molecule has 0 bridgehead atoms. The Hall–Kier alpha value is -3.57. The largest absolute Gasteiger partial charge is 0.496 e. The van der Waals surface area contributed by atoms with Gasteiger partial charge in [-0.05, 0) is 70.9 Å². The Kier molecular flexibility index (Phi) is 15.9. The molecule has 0 aliphatic carbocycles. The van der Waals surface area contributed by atoms with E-state index in [1.165, 1.54) is 4.90 Å². The van der Waals surface area contributed by atoms with Crippen molar-refractivity contribution in [2.24, 2.45) is 0 Å². The molecule has 1 heterocycles. The average molecular weight is 736 g/mol. The van der Waals surface area contributed by atoms with Gasteiger partial charge in [0.2, 0.25) is 0 Å². The second-order valence-electron chi connectivity index (χ2n) is 14.7. The lowest BCUT2D eigenvalue weighted by atomic mass is 9.87. The minimum absolute atomic E-state index is 0.0543. The van der Waals surface area contributed by atoms with Crippen LogP contribution in [0.3, 0.4) is 0 Å². The summed E-state index contributed by atoms with van der Waals surface area (Å²) in [6.45, 7) is 19.6. The topological polar surface area (TPSA) is 95.9 Å². The molecule has 10 heteroatoms. The number of nitrogens with zero attached hydrogens (tertiary/aromatic N) is 1. The van der Waals surface area contributed by atoms with Crippen LogP contribution in [0.25, 0.3) is 0 Å². The molecule has 2 atom stereocenters. The number of methoxy groups -OCH3 is 1. The predicted molar refractivity (Wildman–Crippen MR) is 208 cm³/mol. The van der Waals surface area contributed by atoms with Gasteiger partial charge in [0.25, 0.3) is 0 Å². The van der Waals surface area contributed by atoms with E-state index in [-0.39, 0.29) is 12.0 Å². The lowest BCUT2D eigenvalue weighted by molar-refractivity contribution is -0.0200. The number of likely N-dealkylation sites (tertiary alicyclic amines) is 1. The van der Waals surface area contributed by atoms with Crippen LogP contribution in [0.1, 0.15) is 82.6 Å². The maximum Gasteiger partial charge on any atom is 0.407 e. The molecule has 1 aliphatic heterocycles. The van der Waals surface area contributed by atoms with Crippen LogP contribution in [0.4, 0.5) is 4.79 Å². The normalized spacial score (nSPS) is 16.5. The number of hydrogen-bond donors (Lipinski definition) is 1. The van der Waals surface area contributed by atoms with Crippen LogP contribution < -0.4 is 14.2 Å². The summed E-state index contributed by atoms with van der Waals surface area (Å²) in [5.41, 5.74) is 5.74. The summed E-state index contributed by atoms with van der Waals surface area (Å²) in [6.07, 6.45) is 0.223. The number of para-hydroxylation sites is 1. The zero-order chi connectivity index (χ0) is 37.7. The number of aryl methyl sites for hydroxylation is 1. The van der Waals surface area contributed by atoms with E-state index in [0.717, 1.165) is 45.9 Å². The van der Waals surface area contributed by atoms with Crippen LogP contribution in [0.2, 0.25) is 16.6 Å². The highest BCUT2D eigenvalue weighted by atomic mass is 28.4. The molecular formula is C42H61NO8Si. The van der Waals surface area contributed by atoms with E-state index in [1.54, 1.807) is 7.11 Å². The molecule has 0 saturated carbocycles. The summed E-state index contributed by atoms with van der Waals surface area (Å²) in [7, 11) is -0.294. The molecule has 1 aliphatic rings. The molecule has 0 spiro atoms. The van der Waals surface area contributed by atoms with Crippen LogP contribution in [0, 0.1) is 6.92 Å². The van der Waals surface area contributed by atoms with Gasteiger partial charge in [-0.25, -0.2) is 4.79 Å². The first-order chi connectivity index (χ1) is 25.0. The zero-order valence-electron chi connectivity index (χ0n) is 32.6. The molecule has 4 rings (SSSR count). The van der Waals surface area contributed by atoms with E-state index < -0.39 is 14.4 Å². The minimum atomic E-state index is -1.96. The summed E-state index contributed by atoms with van der Waals surface area (Å²) in [5.74, 6) is 2.49. The number of hydrogen-bond acceptors (Lipinski definition) is 7. The summed E-state index contributed by atoms with van der Waals surface area (Å²) >= 11 is 0. The van der Waals surface area contributed by atoms with Gasteiger partial charge in [-0.15, -0.1) is 0 Å². The van der Waals surface area contributed by atoms with Gasteiger partial charge in [0.1, 0.15) is 23.9 Å². The maximum atomic E-state index is 11.9. The van der Waals surface area contributed by atoms with Crippen LogP contribution in [-0.2, 0) is 27.1 Å². The molecular weight excluding hydrogens is 675 g/mol. The van der Waals surface area contributed by atoms with Crippen molar-refractivity contribution in [2.75, 3.05) is 46.6 Å². The smallest absolute Gasteiger partial charge is 0.407 e. The number of carbonyl (C=O) groups is 1. The Morgan fingerprint density at radius 2 is 1.56 bits per heavy atom. The Morgan fingerprint density at radius 3 is 2.23 bits per heavy atom. The Labute approximate surface area is 312 Å². The first-order valence-electron chi connectivity index (χ1n) is 18.8. The third-order valence-electron chi connectivity index (χ3n) is 10.4. The monoisotopic (exact) mass is 735 g/mol. The van der Waals surface area contributed by atoms with Crippen molar-refractivity contribution in [2.45, 2.75) is 103 Å². The molecule has 0 radical (unpaired) electrons. The minimum Gasteiger partial charge on any atom is -0.496 e. The van der Waals surface area contributed by atoms with Crippen molar-refractivity contribution in [3.8, 4) is 17.2 Å². The van der Waals surface area contributed by atoms with Gasteiger partial charge in [-0.1, -0.05) is 84.0 Å². The van der Waals surface area contributed by atoms with Crippen LogP contribution in [-0.4, -0.2) is 77.1 Å². The molecule has 3 aromatic rings. The number of carboxylic acid groups (broad SMARTS) is 1. The third kappa shape index (κ3) is 11.0. The molecule has 9 nitrogen and oxygen atoms in total. The van der Waals surface area contributed by atoms with E-state index in [0.29, 0.717) is 75.8 Å². The van der Waals surface area contributed by atoms with Crippen LogP contribution in [0.15, 0.2) is 66.7 Å². The summed E-state index contributed by atoms with van der Waals surface area (Å²) in [6, 6.07) is 22.1. The molecule has 1 amide bonds. The molecule has 2 unspecified atom stereocenters. The van der Waals surface area contributed by atoms with Gasteiger partial charge in [0.15, 0.2) is 8.32 Å². The summed E-state index contributed by atoms with van der Waals surface area (Å²) in [5, 5.41) is 9.78. The van der Waals surface area contributed by atoms with Crippen molar-refractivity contribution in [1.82, 2.24) is 4.90 Å².